The minimum absolute atomic E-state index is 0.0504. The van der Waals surface area contributed by atoms with Crippen molar-refractivity contribution in [2.24, 2.45) is 0 Å². The molecule has 4 heterocycles. The number of halogens is 12. The van der Waals surface area contributed by atoms with Crippen LogP contribution in [0.2, 0.25) is 40.2 Å². The number of hydrogen-bond acceptors (Lipinski definition) is 20. The molecule has 690 valence electrons. The Morgan fingerprint density at radius 2 is 0.641 bits per heavy atom. The molecule has 0 fully saturated rings. The van der Waals surface area contributed by atoms with E-state index < -0.39 is 47.7 Å². The summed E-state index contributed by atoms with van der Waals surface area (Å²) < 4.78 is 79.4. The van der Waals surface area contributed by atoms with E-state index in [-0.39, 0.29) is 125 Å². The van der Waals surface area contributed by atoms with Crippen molar-refractivity contribution in [2.75, 3.05) is 117 Å². The molecule has 0 saturated heterocycles. The topological polar surface area (TPSA) is 338 Å². The summed E-state index contributed by atoms with van der Waals surface area (Å²) in [5, 5.41) is 24.6. The average Bonchev–Trinajstić information content (AvgIpc) is 0.813. The van der Waals surface area contributed by atoms with Crippen LogP contribution in [0.15, 0.2) is 195 Å². The standard InChI is InChI=1S/C25H27Cl2FN4O2.C24H24Cl2FN3O3.C23H23Cl2FN4O2.C23H22Cl2FN3O3/c1-15(22-19(26)9-10-20(28)23(22)27)34-21-13-18(14-30-24(21)29)16-5-7-17(8-6-16)25(33)32(4)12-11-31(2)3;1-3-30(10-11-31)24(32)16-6-4-15(5-7-16)17-12-20(23(28)29-13-17)33-14(2)21-18(25)8-9-19(27)22(21)26;1-13(20-17(24)7-8-18(26)21(20)25)32-19-11-16(12-30-22(19)27)14-3-5-15(6-4-14)23(31)29-10-9-28-2;1-13(20-17(24)7-8-18(26)21(20)25)32-19-11-16(12-28-22(19)27)14-3-5-15(6-4-14)23(31)29(2)9-10-30/h5-10,13-15H,11-12H2,1-4H3,(H2,29,30);4-9,12-14,31H,3,10-11H2,1-2H3,(H2,28,29);3-8,11-13,28H,9-10H2,1-2H3,(H2,27,30)(H,29,31);3-8,11-13,30H,9-10H2,1-2H3,(H2,27,28). The van der Waals surface area contributed by atoms with E-state index in [9.17, 15) is 36.7 Å². The molecule has 36 heteroatoms. The molecular weight excluding hydrogens is 1860 g/mol. The van der Waals surface area contributed by atoms with Crippen molar-refractivity contribution >= 4 is 140 Å². The molecule has 0 spiro atoms. The van der Waals surface area contributed by atoms with Gasteiger partial charge in [0.15, 0.2) is 46.3 Å². The lowest BCUT2D eigenvalue weighted by Crippen LogP contribution is -2.33. The maximum atomic E-state index is 13.9. The minimum atomic E-state index is -0.688. The second-order valence-corrected chi connectivity index (χ2v) is 32.9. The van der Waals surface area contributed by atoms with E-state index in [0.717, 1.165) is 39.9 Å². The number of rotatable bonds is 31. The molecule has 4 amide bonds. The first-order chi connectivity index (χ1) is 62.4. The Morgan fingerprint density at radius 3 is 0.901 bits per heavy atom. The van der Waals surface area contributed by atoms with Crippen LogP contribution in [0.4, 0.5) is 40.8 Å². The maximum absolute atomic E-state index is 13.9. The van der Waals surface area contributed by atoms with Crippen LogP contribution in [0.5, 0.6) is 23.0 Å². The van der Waals surface area contributed by atoms with Crippen LogP contribution in [0.1, 0.15) is 123 Å². The number of aliphatic hydroxyl groups is 2. The van der Waals surface area contributed by atoms with Gasteiger partial charge < -0.3 is 82.3 Å². The quantitative estimate of drug-likeness (QED) is 0.0114. The first kappa shape index (κ1) is 103. The average molecular weight is 1950 g/mol. The zero-order valence-electron chi connectivity index (χ0n) is 72.7. The van der Waals surface area contributed by atoms with Crippen molar-refractivity contribution in [3.05, 3.63) is 303 Å². The summed E-state index contributed by atoms with van der Waals surface area (Å²) in [6, 6.07) is 45.6. The number of nitrogens with zero attached hydrogens (tertiary/aromatic N) is 8. The first-order valence-electron chi connectivity index (χ1n) is 40.6. The van der Waals surface area contributed by atoms with E-state index >= 15 is 0 Å². The Kier molecular flexibility index (Phi) is 38.3. The van der Waals surface area contributed by atoms with Crippen LogP contribution in [-0.2, 0) is 0 Å². The van der Waals surface area contributed by atoms with Gasteiger partial charge in [0.1, 0.15) is 47.7 Å². The molecule has 8 aromatic carbocycles. The van der Waals surface area contributed by atoms with Crippen LogP contribution in [-0.4, -0.2) is 168 Å². The number of likely N-dealkylation sites (N-methyl/N-ethyl adjacent to an activating group) is 5. The molecule has 4 unspecified atom stereocenters. The van der Waals surface area contributed by atoms with Gasteiger partial charge >= 0.3 is 0 Å². The Bertz CT molecular complexity index is 5990. The van der Waals surface area contributed by atoms with Crippen LogP contribution in [0.3, 0.4) is 0 Å². The fraction of sp³-hybridized carbons (Fsp3) is 0.242. The van der Waals surface area contributed by atoms with Gasteiger partial charge in [0, 0.05) is 172 Å². The number of amides is 4. The van der Waals surface area contributed by atoms with Crippen molar-refractivity contribution in [2.45, 2.75) is 59.0 Å². The Morgan fingerprint density at radius 1 is 0.374 bits per heavy atom. The number of aliphatic hydroxyl groups excluding tert-OH is 2. The molecule has 0 radical (unpaired) electrons. The Balaban J connectivity index is 0.000000197. The van der Waals surface area contributed by atoms with Crippen molar-refractivity contribution < 1.29 is 65.9 Å². The molecule has 0 bridgehead atoms. The smallest absolute Gasteiger partial charge is 0.253 e. The summed E-state index contributed by atoms with van der Waals surface area (Å²) >= 11 is 49.2. The molecule has 0 saturated carbocycles. The van der Waals surface area contributed by atoms with Crippen LogP contribution >= 0.6 is 92.8 Å². The number of ether oxygens (including phenoxy) is 4. The molecule has 12 N–H and O–H groups in total. The van der Waals surface area contributed by atoms with Crippen molar-refractivity contribution in [1.82, 2.24) is 50.2 Å². The third-order valence-electron chi connectivity index (χ3n) is 20.3. The monoisotopic (exact) mass is 1950 g/mol. The molecule has 12 aromatic rings. The second-order valence-electron chi connectivity index (χ2n) is 29.8. The summed E-state index contributed by atoms with van der Waals surface area (Å²) in [5.74, 6) is -1.07. The van der Waals surface area contributed by atoms with Gasteiger partial charge in [-0.3, -0.25) is 19.2 Å². The minimum Gasteiger partial charge on any atom is -0.482 e. The van der Waals surface area contributed by atoms with E-state index in [4.69, 9.17) is 145 Å². The van der Waals surface area contributed by atoms with Gasteiger partial charge in [0.05, 0.1) is 33.3 Å². The van der Waals surface area contributed by atoms with Crippen molar-refractivity contribution in [3.63, 3.8) is 0 Å². The van der Waals surface area contributed by atoms with Gasteiger partial charge in [-0.15, -0.1) is 0 Å². The maximum Gasteiger partial charge on any atom is 0.253 e. The van der Waals surface area contributed by atoms with Crippen LogP contribution < -0.4 is 52.5 Å². The fourth-order valence-electron chi connectivity index (χ4n) is 13.0. The highest BCUT2D eigenvalue weighted by Crippen LogP contribution is 2.43. The van der Waals surface area contributed by atoms with E-state index in [1.165, 1.54) is 53.4 Å². The molecule has 24 nitrogen and oxygen atoms in total. The number of nitrogens with two attached hydrogens (primary N) is 4. The second kappa shape index (κ2) is 48.6. The highest BCUT2D eigenvalue weighted by atomic mass is 35.5. The largest absolute Gasteiger partial charge is 0.482 e. The fourth-order valence-corrected chi connectivity index (χ4v) is 15.7. The number of carbonyl (C=O) groups excluding carboxylic acids is 4. The number of benzene rings is 8. The molecule has 131 heavy (non-hydrogen) atoms. The normalized spacial score (nSPS) is 11.9. The molecule has 4 aromatic heterocycles. The predicted octanol–water partition coefficient (Wildman–Crippen LogP) is 20.8. The van der Waals surface area contributed by atoms with E-state index in [2.05, 4.69) is 30.6 Å². The summed E-state index contributed by atoms with van der Waals surface area (Å²) in [6.45, 7) is 12.1. The number of pyridine rings is 4. The number of hydrogen-bond donors (Lipinski definition) is 8. The third-order valence-corrected chi connectivity index (χ3v) is 23.1. The van der Waals surface area contributed by atoms with E-state index in [1.54, 1.807) is 173 Å². The van der Waals surface area contributed by atoms with Crippen LogP contribution in [0.25, 0.3) is 44.5 Å². The van der Waals surface area contributed by atoms with Gasteiger partial charge in [0.2, 0.25) is 0 Å². The zero-order chi connectivity index (χ0) is 95.8. The SMILES string of the molecule is CC(Oc1cc(-c2ccc(C(=O)N(C)CCN(C)C)cc2)cnc1N)c1c(Cl)ccc(F)c1Cl.CC(Oc1cc(-c2ccc(C(=O)N(C)CCO)cc2)cnc1N)c1c(Cl)ccc(F)c1Cl.CCN(CCO)C(=O)c1ccc(-c2cnc(N)c(OC(C)c3c(Cl)ccc(F)c3Cl)c2)cc1.CNCCNC(=O)c1ccc(-c2cnc(N)c(OC(C)c3c(Cl)ccc(F)c3Cl)c2)cc1. The third kappa shape index (κ3) is 27.4. The lowest BCUT2D eigenvalue weighted by atomic mass is 10.0. The van der Waals surface area contributed by atoms with Crippen molar-refractivity contribution in [1.29, 1.82) is 0 Å². The Hall–Kier alpha value is -11.5. The summed E-state index contributed by atoms with van der Waals surface area (Å²) in [6.07, 6.45) is 3.69. The summed E-state index contributed by atoms with van der Waals surface area (Å²) in [5.41, 5.74) is 33.5. The highest BCUT2D eigenvalue weighted by Gasteiger charge is 2.27. The van der Waals surface area contributed by atoms with Gasteiger partial charge in [-0.05, 0) is 199 Å². The lowest BCUT2D eigenvalue weighted by molar-refractivity contribution is 0.0730. The van der Waals surface area contributed by atoms with E-state index in [1.807, 2.05) is 57.2 Å². The van der Waals surface area contributed by atoms with E-state index in [0.29, 0.717) is 93.3 Å². The number of anilines is 4. The summed E-state index contributed by atoms with van der Waals surface area (Å²) in [7, 11) is 9.16. The van der Waals surface area contributed by atoms with Gasteiger partial charge in [-0.1, -0.05) is 141 Å². The number of aromatic nitrogens is 4. The van der Waals surface area contributed by atoms with Gasteiger partial charge in [-0.25, -0.2) is 37.5 Å². The lowest BCUT2D eigenvalue weighted by Gasteiger charge is -2.20. The van der Waals surface area contributed by atoms with Crippen LogP contribution in [0, 0.1) is 23.3 Å². The molecule has 12 rings (SSSR count). The molecule has 4 atom stereocenters. The number of carbonyl (C=O) groups is 4. The highest BCUT2D eigenvalue weighted by molar-refractivity contribution is 6.38. The number of nitrogen functional groups attached to an aromatic ring is 4. The van der Waals surface area contributed by atoms with Gasteiger partial charge in [0.25, 0.3) is 23.6 Å². The van der Waals surface area contributed by atoms with Gasteiger partial charge in [-0.2, -0.15) is 0 Å². The zero-order valence-corrected chi connectivity index (χ0v) is 78.8. The molecule has 0 aliphatic carbocycles. The van der Waals surface area contributed by atoms with Crippen molar-refractivity contribution in [3.8, 4) is 67.5 Å². The molecule has 0 aliphatic rings. The first-order valence-corrected chi connectivity index (χ1v) is 43.6. The predicted molar refractivity (Wildman–Crippen MR) is 513 cm³/mol. The number of nitrogens with one attached hydrogen (secondary N) is 2. The Labute approximate surface area is 796 Å². The molecule has 0 aliphatic heterocycles. The summed E-state index contributed by atoms with van der Waals surface area (Å²) in [4.78, 5) is 73.2. The molecular formula is C95H96Cl8F4N14O10.